The lowest BCUT2D eigenvalue weighted by Crippen LogP contribution is -2.31. The van der Waals surface area contributed by atoms with E-state index in [4.69, 9.17) is 4.98 Å². The molecule has 2 aromatic rings. The quantitative estimate of drug-likeness (QED) is 0.546. The summed E-state index contributed by atoms with van der Waals surface area (Å²) in [6, 6.07) is 3.77. The minimum absolute atomic E-state index is 0.0534. The Balaban J connectivity index is 1.89. The zero-order valence-corrected chi connectivity index (χ0v) is 19.4. The molecular weight excluding hydrogens is 386 g/mol. The van der Waals surface area contributed by atoms with Crippen molar-refractivity contribution in [2.45, 2.75) is 40.7 Å². The molecule has 0 saturated heterocycles. The van der Waals surface area contributed by atoms with Crippen molar-refractivity contribution < 1.29 is 0 Å². The van der Waals surface area contributed by atoms with Crippen molar-refractivity contribution in [1.29, 1.82) is 0 Å². The smallest absolute Gasteiger partial charge is 0.253 e. The monoisotopic (exact) mass is 417 g/mol. The van der Waals surface area contributed by atoms with Gasteiger partial charge in [-0.1, -0.05) is 6.58 Å². The van der Waals surface area contributed by atoms with Crippen LogP contribution in [0.15, 0.2) is 52.0 Å². The third-order valence-electron chi connectivity index (χ3n) is 5.94. The van der Waals surface area contributed by atoms with Crippen LogP contribution in [-0.4, -0.2) is 39.2 Å². The van der Waals surface area contributed by atoms with Gasteiger partial charge in [0.1, 0.15) is 5.82 Å². The Morgan fingerprint density at radius 2 is 2.00 bits per heavy atom. The topological polar surface area (TPSA) is 63.4 Å². The van der Waals surface area contributed by atoms with E-state index in [1.807, 2.05) is 33.0 Å². The summed E-state index contributed by atoms with van der Waals surface area (Å²) >= 11 is 0. The lowest BCUT2D eigenvalue weighted by molar-refractivity contribution is 0.326. The van der Waals surface area contributed by atoms with Crippen LogP contribution in [0.2, 0.25) is 0 Å². The Kier molecular flexibility index (Phi) is 6.68. The van der Waals surface area contributed by atoms with Crippen LogP contribution in [0, 0.1) is 6.92 Å². The van der Waals surface area contributed by atoms with E-state index in [0.717, 1.165) is 58.9 Å². The third kappa shape index (κ3) is 4.74. The predicted octanol–water partition coefficient (Wildman–Crippen LogP) is 3.95. The number of hydrogen-bond acceptors (Lipinski definition) is 5. The van der Waals surface area contributed by atoms with Crippen LogP contribution in [0.1, 0.15) is 49.1 Å². The summed E-state index contributed by atoms with van der Waals surface area (Å²) in [6.45, 7) is 14.0. The minimum atomic E-state index is -0.0534. The number of fused-ring (bicyclic) bond motifs is 1. The molecule has 0 amide bonds. The molecule has 0 aromatic carbocycles. The number of allylic oxidation sites excluding steroid dienone is 4. The third-order valence-corrected chi connectivity index (χ3v) is 5.94. The number of hydrogen-bond donors (Lipinski definition) is 0. The zero-order chi connectivity index (χ0) is 22.7. The van der Waals surface area contributed by atoms with Crippen LogP contribution in [0.3, 0.4) is 0 Å². The van der Waals surface area contributed by atoms with Gasteiger partial charge in [-0.05, 0) is 67.7 Å². The van der Waals surface area contributed by atoms with E-state index in [1.54, 1.807) is 30.9 Å². The van der Waals surface area contributed by atoms with Gasteiger partial charge in [0.05, 0.1) is 0 Å². The maximum Gasteiger partial charge on any atom is 0.253 e. The van der Waals surface area contributed by atoms with Gasteiger partial charge in [-0.15, -0.1) is 0 Å². The normalized spacial score (nSPS) is 15.2. The second kappa shape index (κ2) is 9.25. The van der Waals surface area contributed by atoms with Gasteiger partial charge in [-0.2, -0.15) is 0 Å². The first-order chi connectivity index (χ1) is 14.7. The molecule has 0 saturated carbocycles. The predicted molar refractivity (Wildman–Crippen MR) is 128 cm³/mol. The summed E-state index contributed by atoms with van der Waals surface area (Å²) in [5.74, 6) is 0.684. The van der Waals surface area contributed by atoms with Gasteiger partial charge in [-0.25, -0.2) is 4.98 Å². The number of pyridine rings is 1. The molecule has 0 N–H and O–H groups in total. The van der Waals surface area contributed by atoms with Crippen molar-refractivity contribution in [3.63, 3.8) is 0 Å². The number of nitrogens with zero attached hydrogens (tertiary/aromatic N) is 5. The molecule has 1 aliphatic rings. The molecule has 0 atom stereocenters. The maximum atomic E-state index is 12.2. The van der Waals surface area contributed by atoms with Crippen LogP contribution < -0.4 is 5.56 Å². The lowest BCUT2D eigenvalue weighted by Gasteiger charge is -2.33. The first-order valence-corrected chi connectivity index (χ1v) is 10.5. The molecule has 162 valence electrons. The molecule has 31 heavy (non-hydrogen) atoms. The van der Waals surface area contributed by atoms with E-state index in [2.05, 4.69) is 34.4 Å². The second-order valence-electron chi connectivity index (χ2n) is 8.07. The SMILES string of the molecule is C=C(/C(C)=C(/C)c1nc(C)cc(=O)n1C)N1CCc2ncc(/C(C)=C/C=NC)cc2C1. The molecule has 0 spiro atoms. The van der Waals surface area contributed by atoms with E-state index in [1.165, 1.54) is 5.56 Å². The van der Waals surface area contributed by atoms with Crippen LogP contribution in [0.4, 0.5) is 0 Å². The number of rotatable bonds is 5. The Morgan fingerprint density at radius 1 is 1.26 bits per heavy atom. The van der Waals surface area contributed by atoms with E-state index < -0.39 is 0 Å². The maximum absolute atomic E-state index is 12.2. The summed E-state index contributed by atoms with van der Waals surface area (Å²) < 4.78 is 1.59. The van der Waals surface area contributed by atoms with E-state index >= 15 is 0 Å². The highest BCUT2D eigenvalue weighted by atomic mass is 16.1. The molecule has 6 nitrogen and oxygen atoms in total. The fourth-order valence-corrected chi connectivity index (χ4v) is 3.77. The minimum Gasteiger partial charge on any atom is -0.367 e. The molecule has 2 aromatic heterocycles. The largest absolute Gasteiger partial charge is 0.367 e. The molecule has 3 heterocycles. The van der Waals surface area contributed by atoms with Gasteiger partial charge in [-0.3, -0.25) is 19.3 Å². The lowest BCUT2D eigenvalue weighted by atomic mass is 9.99. The molecular formula is C25H31N5O. The molecule has 3 rings (SSSR count). The van der Waals surface area contributed by atoms with Gasteiger partial charge in [0.25, 0.3) is 5.56 Å². The summed E-state index contributed by atoms with van der Waals surface area (Å²) in [7, 11) is 3.52. The van der Waals surface area contributed by atoms with Crippen molar-refractivity contribution in [1.82, 2.24) is 19.4 Å². The Labute approximate surface area is 184 Å². The molecule has 0 aliphatic carbocycles. The Bertz CT molecular complexity index is 1170. The molecule has 0 fully saturated rings. The molecule has 6 heteroatoms. The van der Waals surface area contributed by atoms with Crippen molar-refractivity contribution in [2.24, 2.45) is 12.0 Å². The second-order valence-corrected chi connectivity index (χ2v) is 8.07. The Morgan fingerprint density at radius 3 is 2.71 bits per heavy atom. The van der Waals surface area contributed by atoms with Gasteiger partial charge >= 0.3 is 0 Å². The van der Waals surface area contributed by atoms with Crippen molar-refractivity contribution in [3.05, 3.63) is 80.9 Å². The molecule has 1 aliphatic heterocycles. The summed E-state index contributed by atoms with van der Waals surface area (Å²) in [6.07, 6.45) is 6.62. The van der Waals surface area contributed by atoms with Crippen molar-refractivity contribution in [3.8, 4) is 0 Å². The van der Waals surface area contributed by atoms with Gasteiger partial charge in [0.15, 0.2) is 0 Å². The fourth-order valence-electron chi connectivity index (χ4n) is 3.77. The number of aliphatic imine (C=N–C) groups is 1. The highest BCUT2D eigenvalue weighted by Crippen LogP contribution is 2.28. The van der Waals surface area contributed by atoms with Gasteiger partial charge in [0.2, 0.25) is 0 Å². The standard InChI is InChI=1S/C25H31N5O/c1-16(8-10-26-6)21-13-22-15-30(11-9-23(22)27-14-21)20(5)18(3)19(4)25-28-17(2)12-24(31)29(25)7/h8,10,12-14H,5,9,11,15H2,1-4,6-7H3/b16-8+,19-18-,26-10?. The summed E-state index contributed by atoms with van der Waals surface area (Å²) in [5, 5.41) is 0. The fraction of sp³-hybridized carbons (Fsp3) is 0.360. The average Bonchev–Trinajstić information content (AvgIpc) is 2.77. The summed E-state index contributed by atoms with van der Waals surface area (Å²) in [5.41, 5.74) is 8.22. The average molecular weight is 418 g/mol. The first-order valence-electron chi connectivity index (χ1n) is 10.5. The van der Waals surface area contributed by atoms with Crippen LogP contribution in [0.25, 0.3) is 11.1 Å². The van der Waals surface area contributed by atoms with E-state index in [0.29, 0.717) is 5.82 Å². The molecule has 0 radical (unpaired) electrons. The number of aromatic nitrogens is 3. The van der Waals surface area contributed by atoms with E-state index in [-0.39, 0.29) is 5.56 Å². The van der Waals surface area contributed by atoms with Crippen LogP contribution >= 0.6 is 0 Å². The molecule has 0 unspecified atom stereocenters. The highest BCUT2D eigenvalue weighted by molar-refractivity contribution is 5.83. The van der Waals surface area contributed by atoms with Crippen LogP contribution in [-0.2, 0) is 20.0 Å². The van der Waals surface area contributed by atoms with Crippen molar-refractivity contribution >= 4 is 17.4 Å². The van der Waals surface area contributed by atoms with Gasteiger partial charge in [0, 0.05) is 69.2 Å². The Hall–Kier alpha value is -3.28. The zero-order valence-electron chi connectivity index (χ0n) is 19.4. The summed E-state index contributed by atoms with van der Waals surface area (Å²) in [4.78, 5) is 27.8. The highest BCUT2D eigenvalue weighted by Gasteiger charge is 2.21. The molecule has 0 bridgehead atoms. The van der Waals surface area contributed by atoms with Crippen LogP contribution in [0.5, 0.6) is 0 Å². The first kappa shape index (κ1) is 22.4. The van der Waals surface area contributed by atoms with E-state index in [9.17, 15) is 4.79 Å². The van der Waals surface area contributed by atoms with Gasteiger partial charge < -0.3 is 4.90 Å². The van der Waals surface area contributed by atoms with Crippen molar-refractivity contribution in [2.75, 3.05) is 13.6 Å². The number of aryl methyl sites for hydroxylation is 1.